The molecule has 3 heteroatoms. The molecule has 0 unspecified atom stereocenters. The number of ether oxygens (including phenoxy) is 1. The summed E-state index contributed by atoms with van der Waals surface area (Å²) in [6.45, 7) is 4.51. The molecule has 0 aliphatic heterocycles. The number of likely N-dealkylation sites (N-methyl/N-ethyl adjacent to an activating group) is 1. The molecule has 0 spiro atoms. The first-order valence-corrected chi connectivity index (χ1v) is 7.32. The predicted octanol–water partition coefficient (Wildman–Crippen LogP) is 2.05. The van der Waals surface area contributed by atoms with Crippen LogP contribution in [0.2, 0.25) is 0 Å². The number of nitrogens with two attached hydrogens (primary N) is 1. The molecule has 0 atom stereocenters. The molecule has 3 nitrogen and oxygen atoms in total. The summed E-state index contributed by atoms with van der Waals surface area (Å²) in [7, 11) is 2.16. The molecule has 1 fully saturated rings. The fourth-order valence-electron chi connectivity index (χ4n) is 2.18. The van der Waals surface area contributed by atoms with Crippen molar-refractivity contribution in [2.45, 2.75) is 25.8 Å². The van der Waals surface area contributed by atoms with E-state index in [0.717, 1.165) is 38.6 Å². The molecular formula is C16H26N2O. The summed E-state index contributed by atoms with van der Waals surface area (Å²) >= 11 is 0. The average Bonchev–Trinajstić information content (AvgIpc) is 3.26. The lowest BCUT2D eigenvalue weighted by Crippen LogP contribution is -2.26. The lowest BCUT2D eigenvalue weighted by atomic mass is 10.0. The van der Waals surface area contributed by atoms with Gasteiger partial charge in [0, 0.05) is 26.2 Å². The first-order chi connectivity index (χ1) is 9.29. The van der Waals surface area contributed by atoms with Crippen molar-refractivity contribution in [3.63, 3.8) is 0 Å². The van der Waals surface area contributed by atoms with E-state index in [9.17, 15) is 0 Å². The Balaban J connectivity index is 1.62. The van der Waals surface area contributed by atoms with Gasteiger partial charge in [0.15, 0.2) is 0 Å². The highest BCUT2D eigenvalue weighted by Crippen LogP contribution is 2.28. The third-order valence-electron chi connectivity index (χ3n) is 3.77. The van der Waals surface area contributed by atoms with E-state index in [4.69, 9.17) is 10.5 Å². The lowest BCUT2D eigenvalue weighted by molar-refractivity contribution is 0.104. The SMILES string of the molecule is CN(CCOCC1CC1)CCc1ccccc1CN. The van der Waals surface area contributed by atoms with Gasteiger partial charge in [0.25, 0.3) is 0 Å². The molecule has 0 amide bonds. The third kappa shape index (κ3) is 5.31. The molecule has 19 heavy (non-hydrogen) atoms. The largest absolute Gasteiger partial charge is 0.380 e. The van der Waals surface area contributed by atoms with Crippen molar-refractivity contribution in [2.24, 2.45) is 11.7 Å². The summed E-state index contributed by atoms with van der Waals surface area (Å²) in [5.41, 5.74) is 8.39. The van der Waals surface area contributed by atoms with E-state index in [1.165, 1.54) is 24.0 Å². The highest BCUT2D eigenvalue weighted by atomic mass is 16.5. The van der Waals surface area contributed by atoms with Gasteiger partial charge in [0.05, 0.1) is 6.61 Å². The van der Waals surface area contributed by atoms with Crippen LogP contribution in [0.25, 0.3) is 0 Å². The minimum atomic E-state index is 0.629. The minimum absolute atomic E-state index is 0.629. The van der Waals surface area contributed by atoms with Crippen LogP contribution in [0, 0.1) is 5.92 Å². The Kier molecular flexibility index (Phi) is 5.83. The molecular weight excluding hydrogens is 236 g/mol. The predicted molar refractivity (Wildman–Crippen MR) is 79.1 cm³/mol. The lowest BCUT2D eigenvalue weighted by Gasteiger charge is -2.17. The van der Waals surface area contributed by atoms with Crippen LogP contribution in [0.1, 0.15) is 24.0 Å². The molecule has 0 bridgehead atoms. The molecule has 0 aromatic heterocycles. The van der Waals surface area contributed by atoms with E-state index >= 15 is 0 Å². The van der Waals surface area contributed by atoms with E-state index in [0.29, 0.717) is 6.54 Å². The second kappa shape index (κ2) is 7.63. The maximum atomic E-state index is 5.76. The molecule has 2 rings (SSSR count). The van der Waals surface area contributed by atoms with Gasteiger partial charge in [0.1, 0.15) is 0 Å². The number of nitrogens with zero attached hydrogens (tertiary/aromatic N) is 1. The molecule has 106 valence electrons. The highest BCUT2D eigenvalue weighted by molar-refractivity contribution is 5.27. The van der Waals surface area contributed by atoms with Crippen molar-refractivity contribution in [3.8, 4) is 0 Å². The molecule has 0 heterocycles. The van der Waals surface area contributed by atoms with Crippen molar-refractivity contribution >= 4 is 0 Å². The van der Waals surface area contributed by atoms with Gasteiger partial charge in [-0.25, -0.2) is 0 Å². The van der Waals surface area contributed by atoms with Gasteiger partial charge in [-0.15, -0.1) is 0 Å². The zero-order valence-corrected chi connectivity index (χ0v) is 12.0. The Morgan fingerprint density at radius 3 is 2.63 bits per heavy atom. The van der Waals surface area contributed by atoms with E-state index < -0.39 is 0 Å². The summed E-state index contributed by atoms with van der Waals surface area (Å²) in [6, 6.07) is 8.45. The fraction of sp³-hybridized carbons (Fsp3) is 0.625. The Hall–Kier alpha value is -0.900. The van der Waals surface area contributed by atoms with Crippen molar-refractivity contribution in [2.75, 3.05) is 33.4 Å². The number of hydrogen-bond acceptors (Lipinski definition) is 3. The zero-order chi connectivity index (χ0) is 13.5. The highest BCUT2D eigenvalue weighted by Gasteiger charge is 2.20. The van der Waals surface area contributed by atoms with Crippen LogP contribution in [0.15, 0.2) is 24.3 Å². The van der Waals surface area contributed by atoms with Gasteiger partial charge in [-0.05, 0) is 43.4 Å². The van der Waals surface area contributed by atoms with E-state index in [-0.39, 0.29) is 0 Å². The van der Waals surface area contributed by atoms with Crippen molar-refractivity contribution in [1.82, 2.24) is 4.90 Å². The molecule has 2 N–H and O–H groups in total. The Morgan fingerprint density at radius 2 is 1.95 bits per heavy atom. The number of hydrogen-bond donors (Lipinski definition) is 1. The van der Waals surface area contributed by atoms with Gasteiger partial charge in [-0.1, -0.05) is 24.3 Å². The Morgan fingerprint density at radius 1 is 1.21 bits per heavy atom. The quantitative estimate of drug-likeness (QED) is 0.692. The Bertz CT molecular complexity index is 377. The van der Waals surface area contributed by atoms with Crippen molar-refractivity contribution in [3.05, 3.63) is 35.4 Å². The van der Waals surface area contributed by atoms with Gasteiger partial charge < -0.3 is 15.4 Å². The summed E-state index contributed by atoms with van der Waals surface area (Å²) in [5, 5.41) is 0. The molecule has 1 saturated carbocycles. The second-order valence-corrected chi connectivity index (χ2v) is 5.54. The summed E-state index contributed by atoms with van der Waals surface area (Å²) in [4.78, 5) is 2.33. The topological polar surface area (TPSA) is 38.5 Å². The normalized spacial score (nSPS) is 15.1. The smallest absolute Gasteiger partial charge is 0.0593 e. The molecule has 1 aromatic rings. The first-order valence-electron chi connectivity index (χ1n) is 7.32. The maximum absolute atomic E-state index is 5.76. The first kappa shape index (κ1) is 14.5. The standard InChI is InChI=1S/C16H26N2O/c1-18(10-11-19-13-14-6-7-14)9-8-15-4-2-3-5-16(15)12-17/h2-5,14H,6-13,17H2,1H3. The summed E-state index contributed by atoms with van der Waals surface area (Å²) in [5.74, 6) is 0.863. The molecule has 0 radical (unpaired) electrons. The average molecular weight is 262 g/mol. The maximum Gasteiger partial charge on any atom is 0.0593 e. The summed E-state index contributed by atoms with van der Waals surface area (Å²) < 4.78 is 5.66. The van der Waals surface area contributed by atoms with E-state index in [2.05, 4.69) is 36.2 Å². The van der Waals surface area contributed by atoms with Crippen LogP contribution in [-0.4, -0.2) is 38.3 Å². The van der Waals surface area contributed by atoms with Crippen LogP contribution in [0.4, 0.5) is 0 Å². The number of rotatable bonds is 9. The molecule has 0 saturated heterocycles. The zero-order valence-electron chi connectivity index (χ0n) is 12.0. The third-order valence-corrected chi connectivity index (χ3v) is 3.77. The van der Waals surface area contributed by atoms with Gasteiger partial charge in [-0.3, -0.25) is 0 Å². The van der Waals surface area contributed by atoms with Crippen molar-refractivity contribution in [1.29, 1.82) is 0 Å². The fourth-order valence-corrected chi connectivity index (χ4v) is 2.18. The van der Waals surface area contributed by atoms with E-state index in [1.54, 1.807) is 0 Å². The summed E-state index contributed by atoms with van der Waals surface area (Å²) in [6.07, 6.45) is 3.80. The minimum Gasteiger partial charge on any atom is -0.380 e. The molecule has 1 aliphatic carbocycles. The van der Waals surface area contributed by atoms with Crippen LogP contribution in [0.3, 0.4) is 0 Å². The van der Waals surface area contributed by atoms with Gasteiger partial charge in [-0.2, -0.15) is 0 Å². The van der Waals surface area contributed by atoms with Crippen LogP contribution >= 0.6 is 0 Å². The molecule has 1 aliphatic rings. The van der Waals surface area contributed by atoms with Crippen molar-refractivity contribution < 1.29 is 4.74 Å². The van der Waals surface area contributed by atoms with E-state index in [1.807, 2.05) is 0 Å². The Labute approximate surface area is 116 Å². The van der Waals surface area contributed by atoms with Crippen LogP contribution < -0.4 is 5.73 Å². The molecule has 1 aromatic carbocycles. The second-order valence-electron chi connectivity index (χ2n) is 5.54. The number of benzene rings is 1. The van der Waals surface area contributed by atoms with Gasteiger partial charge in [0.2, 0.25) is 0 Å². The van der Waals surface area contributed by atoms with Crippen LogP contribution in [-0.2, 0) is 17.7 Å². The van der Waals surface area contributed by atoms with Gasteiger partial charge >= 0.3 is 0 Å². The van der Waals surface area contributed by atoms with Crippen LogP contribution in [0.5, 0.6) is 0 Å². The monoisotopic (exact) mass is 262 g/mol.